The highest BCUT2D eigenvalue weighted by molar-refractivity contribution is 9.10. The normalized spacial score (nSPS) is 16.2. The quantitative estimate of drug-likeness (QED) is 0.752. The molecule has 2 heteroatoms. The number of methoxy groups -OCH3 is 1. The van der Waals surface area contributed by atoms with E-state index in [9.17, 15) is 0 Å². The molecule has 0 amide bonds. The molecule has 0 aliphatic heterocycles. The Labute approximate surface area is 80.9 Å². The van der Waals surface area contributed by atoms with Crippen LogP contribution in [0.4, 0.5) is 0 Å². The van der Waals surface area contributed by atoms with Crippen molar-refractivity contribution in [3.63, 3.8) is 0 Å². The van der Waals surface area contributed by atoms with Gasteiger partial charge in [0.1, 0.15) is 5.75 Å². The van der Waals surface area contributed by atoms with Gasteiger partial charge in [0.15, 0.2) is 0 Å². The molecule has 2 rings (SSSR count). The van der Waals surface area contributed by atoms with Gasteiger partial charge in [-0.3, -0.25) is 0 Å². The smallest absolute Gasteiger partial charge is 0.122 e. The number of hydrogen-bond donors (Lipinski definition) is 0. The molecule has 0 saturated heterocycles. The van der Waals surface area contributed by atoms with E-state index in [0.717, 1.165) is 16.1 Å². The Morgan fingerprint density at radius 3 is 2.75 bits per heavy atom. The van der Waals surface area contributed by atoms with E-state index in [1.807, 2.05) is 12.1 Å². The first kappa shape index (κ1) is 8.11. The van der Waals surface area contributed by atoms with Crippen molar-refractivity contribution in [3.05, 3.63) is 28.2 Å². The summed E-state index contributed by atoms with van der Waals surface area (Å²) in [6.07, 6.45) is 2.62. The summed E-state index contributed by atoms with van der Waals surface area (Å²) >= 11 is 3.47. The van der Waals surface area contributed by atoms with Gasteiger partial charge in [0.2, 0.25) is 0 Å². The van der Waals surface area contributed by atoms with Gasteiger partial charge in [0.05, 0.1) is 7.11 Å². The van der Waals surface area contributed by atoms with Crippen LogP contribution in [0.15, 0.2) is 22.7 Å². The van der Waals surface area contributed by atoms with Crippen molar-refractivity contribution in [1.82, 2.24) is 0 Å². The topological polar surface area (TPSA) is 9.23 Å². The van der Waals surface area contributed by atoms with Crippen molar-refractivity contribution in [2.45, 2.75) is 18.8 Å². The van der Waals surface area contributed by atoms with Gasteiger partial charge in [0, 0.05) is 4.47 Å². The minimum atomic E-state index is 0.748. The van der Waals surface area contributed by atoms with Crippen molar-refractivity contribution in [2.24, 2.45) is 0 Å². The fourth-order valence-electron chi connectivity index (χ4n) is 1.42. The summed E-state index contributed by atoms with van der Waals surface area (Å²) in [7, 11) is 1.73. The van der Waals surface area contributed by atoms with Gasteiger partial charge >= 0.3 is 0 Å². The summed E-state index contributed by atoms with van der Waals surface area (Å²) in [6.45, 7) is 0. The largest absolute Gasteiger partial charge is 0.496 e. The van der Waals surface area contributed by atoms with Crippen molar-refractivity contribution in [2.75, 3.05) is 7.11 Å². The van der Waals surface area contributed by atoms with Crippen LogP contribution in [0.2, 0.25) is 0 Å². The fourth-order valence-corrected chi connectivity index (χ4v) is 1.80. The molecular formula is C10H11BrO. The van der Waals surface area contributed by atoms with Gasteiger partial charge in [-0.05, 0) is 42.5 Å². The fraction of sp³-hybridized carbons (Fsp3) is 0.400. The lowest BCUT2D eigenvalue weighted by molar-refractivity contribution is 0.409. The van der Waals surface area contributed by atoms with E-state index < -0.39 is 0 Å². The molecule has 1 aliphatic carbocycles. The lowest BCUT2D eigenvalue weighted by Crippen LogP contribution is -1.89. The summed E-state index contributed by atoms with van der Waals surface area (Å²) in [5, 5.41) is 0. The molecular weight excluding hydrogens is 216 g/mol. The predicted octanol–water partition coefficient (Wildman–Crippen LogP) is 3.34. The Bertz CT molecular complexity index is 292. The minimum absolute atomic E-state index is 0.748. The number of rotatable bonds is 2. The second-order valence-corrected chi connectivity index (χ2v) is 4.08. The summed E-state index contributed by atoms with van der Waals surface area (Å²) in [4.78, 5) is 0. The Kier molecular flexibility index (Phi) is 2.09. The summed E-state index contributed by atoms with van der Waals surface area (Å²) < 4.78 is 6.42. The van der Waals surface area contributed by atoms with Crippen molar-refractivity contribution in [1.29, 1.82) is 0 Å². The second kappa shape index (κ2) is 3.09. The van der Waals surface area contributed by atoms with E-state index in [0.29, 0.717) is 0 Å². The van der Waals surface area contributed by atoms with E-state index in [4.69, 9.17) is 4.74 Å². The average molecular weight is 227 g/mol. The van der Waals surface area contributed by atoms with Gasteiger partial charge in [-0.15, -0.1) is 0 Å². The molecule has 12 heavy (non-hydrogen) atoms. The van der Waals surface area contributed by atoms with Crippen molar-refractivity contribution >= 4 is 15.9 Å². The van der Waals surface area contributed by atoms with Crippen LogP contribution in [0.1, 0.15) is 24.3 Å². The van der Waals surface area contributed by atoms with Crippen LogP contribution in [0.3, 0.4) is 0 Å². The lowest BCUT2D eigenvalue weighted by Gasteiger charge is -2.06. The third-order valence-corrected chi connectivity index (χ3v) is 2.70. The van der Waals surface area contributed by atoms with E-state index in [1.54, 1.807) is 7.11 Å². The number of ether oxygens (including phenoxy) is 1. The van der Waals surface area contributed by atoms with Crippen LogP contribution in [0.5, 0.6) is 5.75 Å². The monoisotopic (exact) mass is 226 g/mol. The van der Waals surface area contributed by atoms with Crippen LogP contribution < -0.4 is 4.74 Å². The van der Waals surface area contributed by atoms with Crippen molar-refractivity contribution < 1.29 is 4.74 Å². The molecule has 0 N–H and O–H groups in total. The van der Waals surface area contributed by atoms with Crippen molar-refractivity contribution in [3.8, 4) is 5.75 Å². The Morgan fingerprint density at radius 1 is 1.42 bits per heavy atom. The predicted molar refractivity (Wildman–Crippen MR) is 52.7 cm³/mol. The maximum absolute atomic E-state index is 5.28. The first-order valence-corrected chi connectivity index (χ1v) is 4.94. The van der Waals surface area contributed by atoms with Crippen LogP contribution in [-0.2, 0) is 0 Å². The molecule has 0 bridgehead atoms. The van der Waals surface area contributed by atoms with Gasteiger partial charge in [0.25, 0.3) is 0 Å². The molecule has 0 radical (unpaired) electrons. The van der Waals surface area contributed by atoms with Crippen LogP contribution >= 0.6 is 15.9 Å². The first-order chi connectivity index (χ1) is 5.81. The molecule has 0 spiro atoms. The SMILES string of the molecule is COc1ccc(Br)cc1C1CC1. The highest BCUT2D eigenvalue weighted by Crippen LogP contribution is 2.44. The zero-order chi connectivity index (χ0) is 8.55. The lowest BCUT2D eigenvalue weighted by atomic mass is 10.1. The molecule has 1 aromatic carbocycles. The standard InChI is InChI=1S/C10H11BrO/c1-12-10-5-4-8(11)6-9(10)7-2-3-7/h4-7H,2-3H2,1H3. The summed E-state index contributed by atoms with van der Waals surface area (Å²) in [5.74, 6) is 1.78. The van der Waals surface area contributed by atoms with Gasteiger partial charge in [-0.1, -0.05) is 15.9 Å². The molecule has 1 aromatic rings. The third-order valence-electron chi connectivity index (χ3n) is 2.21. The number of benzene rings is 1. The molecule has 1 saturated carbocycles. The molecule has 1 aliphatic rings. The van der Waals surface area contributed by atoms with Crippen LogP contribution in [0, 0.1) is 0 Å². The number of hydrogen-bond acceptors (Lipinski definition) is 1. The molecule has 0 unspecified atom stereocenters. The maximum atomic E-state index is 5.28. The van der Waals surface area contributed by atoms with E-state index >= 15 is 0 Å². The molecule has 1 fully saturated rings. The Morgan fingerprint density at radius 2 is 2.17 bits per heavy atom. The van der Waals surface area contributed by atoms with Gasteiger partial charge in [-0.2, -0.15) is 0 Å². The second-order valence-electron chi connectivity index (χ2n) is 3.16. The van der Waals surface area contributed by atoms with E-state index in [2.05, 4.69) is 22.0 Å². The molecule has 0 aromatic heterocycles. The zero-order valence-corrected chi connectivity index (χ0v) is 8.60. The maximum Gasteiger partial charge on any atom is 0.122 e. The van der Waals surface area contributed by atoms with Crippen LogP contribution in [0.25, 0.3) is 0 Å². The highest BCUT2D eigenvalue weighted by Gasteiger charge is 2.26. The summed E-state index contributed by atoms with van der Waals surface area (Å²) in [5.41, 5.74) is 1.35. The van der Waals surface area contributed by atoms with Gasteiger partial charge in [-0.25, -0.2) is 0 Å². The molecule has 1 nitrogen and oxygen atoms in total. The average Bonchev–Trinajstić information content (AvgIpc) is 2.87. The summed E-state index contributed by atoms with van der Waals surface area (Å²) in [6, 6.07) is 6.21. The van der Waals surface area contributed by atoms with E-state index in [-0.39, 0.29) is 0 Å². The molecule has 0 atom stereocenters. The highest BCUT2D eigenvalue weighted by atomic mass is 79.9. The Balaban J connectivity index is 2.39. The van der Waals surface area contributed by atoms with E-state index in [1.165, 1.54) is 18.4 Å². The Hall–Kier alpha value is -0.500. The minimum Gasteiger partial charge on any atom is -0.496 e. The zero-order valence-electron chi connectivity index (χ0n) is 7.01. The molecule has 64 valence electrons. The first-order valence-electron chi connectivity index (χ1n) is 4.14. The third kappa shape index (κ3) is 1.48. The number of halogens is 1. The van der Waals surface area contributed by atoms with Gasteiger partial charge < -0.3 is 4.74 Å². The molecule has 0 heterocycles. The van der Waals surface area contributed by atoms with Crippen LogP contribution in [-0.4, -0.2) is 7.11 Å².